The number of halogens is 1. The Bertz CT molecular complexity index is 695. The van der Waals surface area contributed by atoms with Gasteiger partial charge in [0.05, 0.1) is 16.2 Å². The molecular weight excluding hydrogens is 244 g/mol. The van der Waals surface area contributed by atoms with E-state index < -0.39 is 0 Å². The van der Waals surface area contributed by atoms with Gasteiger partial charge in [0.1, 0.15) is 0 Å². The monoisotopic (exact) mass is 254 g/mol. The predicted octanol–water partition coefficient (Wildman–Crippen LogP) is 4.63. The molecule has 0 fully saturated rings. The summed E-state index contributed by atoms with van der Waals surface area (Å²) in [6.07, 6.45) is 1.80. The molecular formula is C15H11ClN2. The maximum absolute atomic E-state index is 6.12. The second-order valence-corrected chi connectivity index (χ2v) is 4.42. The number of benzene rings is 2. The summed E-state index contributed by atoms with van der Waals surface area (Å²) in [5.74, 6) is 0. The summed E-state index contributed by atoms with van der Waals surface area (Å²) in [5.41, 5.74) is 2.90. The molecule has 0 aliphatic carbocycles. The molecule has 0 bridgehead atoms. The van der Waals surface area contributed by atoms with Gasteiger partial charge in [0.25, 0.3) is 0 Å². The summed E-state index contributed by atoms with van der Waals surface area (Å²) in [4.78, 5) is 4.29. The van der Waals surface area contributed by atoms with Gasteiger partial charge in [-0.25, -0.2) is 0 Å². The van der Waals surface area contributed by atoms with Gasteiger partial charge in [-0.1, -0.05) is 29.8 Å². The third-order valence-electron chi connectivity index (χ3n) is 2.76. The zero-order valence-corrected chi connectivity index (χ0v) is 10.4. The lowest BCUT2D eigenvalue weighted by molar-refractivity contribution is 1.41. The Morgan fingerprint density at radius 3 is 2.72 bits per heavy atom. The molecule has 0 atom stereocenters. The third-order valence-corrected chi connectivity index (χ3v) is 3.09. The lowest BCUT2D eigenvalue weighted by atomic mass is 10.2. The highest BCUT2D eigenvalue weighted by Gasteiger charge is 2.00. The third kappa shape index (κ3) is 2.15. The number of para-hydroxylation sites is 1. The van der Waals surface area contributed by atoms with Gasteiger partial charge in [0.15, 0.2) is 0 Å². The number of rotatable bonds is 2. The summed E-state index contributed by atoms with van der Waals surface area (Å²) in [6, 6.07) is 17.7. The van der Waals surface area contributed by atoms with Crippen LogP contribution in [0, 0.1) is 0 Å². The van der Waals surface area contributed by atoms with Gasteiger partial charge in [0.2, 0.25) is 0 Å². The molecule has 0 aliphatic rings. The summed E-state index contributed by atoms with van der Waals surface area (Å²) >= 11 is 6.12. The number of pyridine rings is 1. The van der Waals surface area contributed by atoms with Crippen molar-refractivity contribution in [2.45, 2.75) is 0 Å². The zero-order chi connectivity index (χ0) is 12.4. The van der Waals surface area contributed by atoms with Crippen LogP contribution in [0.15, 0.2) is 60.8 Å². The molecule has 2 nitrogen and oxygen atoms in total. The van der Waals surface area contributed by atoms with Crippen molar-refractivity contribution in [3.05, 3.63) is 65.8 Å². The van der Waals surface area contributed by atoms with Crippen molar-refractivity contribution in [3.8, 4) is 0 Å². The second-order valence-electron chi connectivity index (χ2n) is 4.02. The van der Waals surface area contributed by atoms with Crippen LogP contribution in [0.25, 0.3) is 10.9 Å². The maximum Gasteiger partial charge on any atom is 0.0703 e. The average molecular weight is 255 g/mol. The van der Waals surface area contributed by atoms with Crippen LogP contribution >= 0.6 is 11.6 Å². The molecule has 0 saturated heterocycles. The van der Waals surface area contributed by atoms with Crippen LogP contribution in [-0.4, -0.2) is 4.98 Å². The minimum Gasteiger partial charge on any atom is -0.354 e. The van der Waals surface area contributed by atoms with Crippen LogP contribution in [0.5, 0.6) is 0 Å². The molecule has 0 saturated carbocycles. The van der Waals surface area contributed by atoms with Gasteiger partial charge in [-0.15, -0.1) is 0 Å². The molecule has 3 heteroatoms. The van der Waals surface area contributed by atoms with E-state index >= 15 is 0 Å². The standard InChI is InChI=1S/C15H11ClN2/c16-13-5-1-2-6-15(13)18-12-7-8-14-11(10-12)4-3-9-17-14/h1-10,18H. The molecule has 18 heavy (non-hydrogen) atoms. The summed E-state index contributed by atoms with van der Waals surface area (Å²) in [5, 5.41) is 5.12. The van der Waals surface area contributed by atoms with Crippen molar-refractivity contribution in [1.29, 1.82) is 0 Å². The fourth-order valence-corrected chi connectivity index (χ4v) is 2.05. The van der Waals surface area contributed by atoms with E-state index in [0.29, 0.717) is 5.02 Å². The van der Waals surface area contributed by atoms with Gasteiger partial charge < -0.3 is 5.32 Å². The van der Waals surface area contributed by atoms with Gasteiger partial charge >= 0.3 is 0 Å². The van der Waals surface area contributed by atoms with E-state index in [1.807, 2.05) is 48.5 Å². The molecule has 3 aromatic rings. The van der Waals surface area contributed by atoms with Gasteiger partial charge in [-0.2, -0.15) is 0 Å². The van der Waals surface area contributed by atoms with Gasteiger partial charge in [0, 0.05) is 17.3 Å². The molecule has 0 radical (unpaired) electrons. The zero-order valence-electron chi connectivity index (χ0n) is 9.60. The summed E-state index contributed by atoms with van der Waals surface area (Å²) < 4.78 is 0. The topological polar surface area (TPSA) is 24.9 Å². The first kappa shape index (κ1) is 11.1. The van der Waals surface area contributed by atoms with Gasteiger partial charge in [-0.3, -0.25) is 4.98 Å². The van der Waals surface area contributed by atoms with E-state index in [0.717, 1.165) is 22.3 Å². The predicted molar refractivity (Wildman–Crippen MR) is 76.5 cm³/mol. The average Bonchev–Trinajstić information content (AvgIpc) is 2.41. The molecule has 0 amide bonds. The summed E-state index contributed by atoms with van der Waals surface area (Å²) in [7, 11) is 0. The molecule has 1 aromatic heterocycles. The van der Waals surface area contributed by atoms with Crippen LogP contribution in [0.1, 0.15) is 0 Å². The van der Waals surface area contributed by atoms with E-state index in [4.69, 9.17) is 11.6 Å². The van der Waals surface area contributed by atoms with E-state index in [1.165, 1.54) is 0 Å². The molecule has 3 rings (SSSR count). The van der Waals surface area contributed by atoms with Gasteiger partial charge in [-0.05, 0) is 36.4 Å². The molecule has 1 N–H and O–H groups in total. The van der Waals surface area contributed by atoms with Crippen LogP contribution in [0.3, 0.4) is 0 Å². The first-order valence-electron chi connectivity index (χ1n) is 5.69. The number of nitrogens with zero attached hydrogens (tertiary/aromatic N) is 1. The highest BCUT2D eigenvalue weighted by Crippen LogP contribution is 2.26. The normalized spacial score (nSPS) is 10.5. The van der Waals surface area contributed by atoms with E-state index in [-0.39, 0.29) is 0 Å². The Hall–Kier alpha value is -2.06. The first-order valence-corrected chi connectivity index (χ1v) is 6.07. The second kappa shape index (κ2) is 4.67. The van der Waals surface area contributed by atoms with E-state index in [1.54, 1.807) is 6.20 Å². The summed E-state index contributed by atoms with van der Waals surface area (Å²) in [6.45, 7) is 0. The lowest BCUT2D eigenvalue weighted by Crippen LogP contribution is -1.91. The smallest absolute Gasteiger partial charge is 0.0703 e. The van der Waals surface area contributed by atoms with Crippen molar-refractivity contribution < 1.29 is 0 Å². The minimum absolute atomic E-state index is 0.712. The molecule has 0 aliphatic heterocycles. The maximum atomic E-state index is 6.12. The number of hydrogen-bond acceptors (Lipinski definition) is 2. The molecule has 2 aromatic carbocycles. The van der Waals surface area contributed by atoms with Crippen LogP contribution in [0.4, 0.5) is 11.4 Å². The van der Waals surface area contributed by atoms with Crippen LogP contribution in [-0.2, 0) is 0 Å². The number of anilines is 2. The fourth-order valence-electron chi connectivity index (χ4n) is 1.87. The Balaban J connectivity index is 1.98. The number of nitrogens with one attached hydrogen (secondary N) is 1. The Labute approximate surface area is 110 Å². The highest BCUT2D eigenvalue weighted by atomic mass is 35.5. The number of hydrogen-bond donors (Lipinski definition) is 1. The van der Waals surface area contributed by atoms with Crippen molar-refractivity contribution >= 4 is 33.9 Å². The Morgan fingerprint density at radius 2 is 1.83 bits per heavy atom. The highest BCUT2D eigenvalue weighted by molar-refractivity contribution is 6.33. The largest absolute Gasteiger partial charge is 0.354 e. The SMILES string of the molecule is Clc1ccccc1Nc1ccc2ncccc2c1. The Morgan fingerprint density at radius 1 is 0.944 bits per heavy atom. The van der Waals surface area contributed by atoms with Crippen molar-refractivity contribution in [3.63, 3.8) is 0 Å². The molecule has 0 unspecified atom stereocenters. The number of aromatic nitrogens is 1. The fraction of sp³-hybridized carbons (Fsp3) is 0. The molecule has 1 heterocycles. The van der Waals surface area contributed by atoms with E-state index in [2.05, 4.69) is 16.4 Å². The molecule has 88 valence electrons. The van der Waals surface area contributed by atoms with Crippen LogP contribution in [0.2, 0.25) is 5.02 Å². The Kier molecular flexibility index (Phi) is 2.87. The van der Waals surface area contributed by atoms with Crippen molar-refractivity contribution in [2.75, 3.05) is 5.32 Å². The minimum atomic E-state index is 0.712. The van der Waals surface area contributed by atoms with E-state index in [9.17, 15) is 0 Å². The number of fused-ring (bicyclic) bond motifs is 1. The quantitative estimate of drug-likeness (QED) is 0.721. The van der Waals surface area contributed by atoms with Crippen molar-refractivity contribution in [1.82, 2.24) is 4.98 Å². The van der Waals surface area contributed by atoms with Crippen LogP contribution < -0.4 is 5.32 Å². The molecule has 0 spiro atoms. The lowest BCUT2D eigenvalue weighted by Gasteiger charge is -2.08. The first-order chi connectivity index (χ1) is 8.83. The van der Waals surface area contributed by atoms with Crippen molar-refractivity contribution in [2.24, 2.45) is 0 Å².